The molecule has 1 atom stereocenters. The zero-order valence-electron chi connectivity index (χ0n) is 19.2. The summed E-state index contributed by atoms with van der Waals surface area (Å²) in [6.07, 6.45) is 0.562. The monoisotopic (exact) mass is 491 g/mol. The first kappa shape index (κ1) is 26.9. The molecule has 0 saturated heterocycles. The van der Waals surface area contributed by atoms with Gasteiger partial charge in [0.25, 0.3) is 0 Å². The number of nitrogens with one attached hydrogen (secondary N) is 3. The van der Waals surface area contributed by atoms with Gasteiger partial charge in [-0.25, -0.2) is 0 Å². The van der Waals surface area contributed by atoms with Gasteiger partial charge in [0.1, 0.15) is 0 Å². The quantitative estimate of drug-likeness (QED) is 0.402. The Kier molecular flexibility index (Phi) is 10.2. The largest absolute Gasteiger partial charge is 0.493 e. The Morgan fingerprint density at radius 2 is 1.74 bits per heavy atom. The number of rotatable bonds is 10. The number of amides is 2. The molecule has 3 rings (SSSR count). The van der Waals surface area contributed by atoms with Crippen LogP contribution < -0.4 is 25.4 Å². The van der Waals surface area contributed by atoms with Gasteiger partial charge < -0.3 is 30.5 Å². The maximum absolute atomic E-state index is 12.5. The Hall–Kier alpha value is -3.30. The number of hydrogen-bond donors (Lipinski definition) is 4. The van der Waals surface area contributed by atoms with E-state index in [1.54, 1.807) is 18.2 Å². The summed E-state index contributed by atoms with van der Waals surface area (Å²) in [4.78, 5) is 36.2. The van der Waals surface area contributed by atoms with E-state index in [4.69, 9.17) is 9.47 Å². The molecule has 10 heteroatoms. The van der Waals surface area contributed by atoms with E-state index in [9.17, 15) is 19.5 Å². The van der Waals surface area contributed by atoms with Crippen LogP contribution in [0, 0.1) is 0 Å². The van der Waals surface area contributed by atoms with Gasteiger partial charge in [-0.15, -0.1) is 12.4 Å². The second kappa shape index (κ2) is 12.8. The van der Waals surface area contributed by atoms with Crippen molar-refractivity contribution in [3.63, 3.8) is 0 Å². The van der Waals surface area contributed by atoms with Crippen LogP contribution in [-0.4, -0.2) is 43.7 Å². The zero-order chi connectivity index (χ0) is 23.8. The summed E-state index contributed by atoms with van der Waals surface area (Å²) in [5.41, 5.74) is 3.68. The number of benzene rings is 2. The minimum absolute atomic E-state index is 0. The van der Waals surface area contributed by atoms with Crippen molar-refractivity contribution in [3.8, 4) is 11.5 Å². The lowest BCUT2D eigenvalue weighted by molar-refractivity contribution is -0.138. The van der Waals surface area contributed by atoms with Crippen molar-refractivity contribution in [1.29, 1.82) is 0 Å². The third-order valence-corrected chi connectivity index (χ3v) is 5.48. The number of hydrogen-bond acceptors (Lipinski definition) is 6. The fraction of sp³-hybridized carbons (Fsp3) is 0.375. The molecule has 184 valence electrons. The molecular weight excluding hydrogens is 462 g/mol. The molecule has 1 unspecified atom stereocenters. The molecule has 1 aliphatic heterocycles. The van der Waals surface area contributed by atoms with E-state index < -0.39 is 17.9 Å². The van der Waals surface area contributed by atoms with Crippen LogP contribution in [0.15, 0.2) is 36.4 Å². The minimum atomic E-state index is -1.06. The summed E-state index contributed by atoms with van der Waals surface area (Å²) in [7, 11) is 2.98. The second-order valence-electron chi connectivity index (χ2n) is 7.79. The van der Waals surface area contributed by atoms with E-state index in [0.717, 1.165) is 25.1 Å². The van der Waals surface area contributed by atoms with Crippen LogP contribution in [0.2, 0.25) is 0 Å². The molecule has 4 N–H and O–H groups in total. The Morgan fingerprint density at radius 3 is 2.44 bits per heavy atom. The standard InChI is InChI=1S/C24H29N3O6.ClH/c1-32-20-6-4-16(12-21(20)33-2)19(13-24(30)31)27-23(29)8-7-22(28)26-18-5-3-15-9-10-25-14-17(15)11-18;/h3-6,11-12,19,25H,7-10,13-14H2,1-2H3,(H,26,28)(H,27,29)(H,30,31);1H. The Labute approximate surface area is 204 Å². The van der Waals surface area contributed by atoms with Gasteiger partial charge in [-0.3, -0.25) is 14.4 Å². The summed E-state index contributed by atoms with van der Waals surface area (Å²) in [6.45, 7) is 1.71. The molecule has 9 nitrogen and oxygen atoms in total. The fourth-order valence-electron chi connectivity index (χ4n) is 3.77. The Bertz CT molecular complexity index is 1030. The number of carbonyl (C=O) groups excluding carboxylic acids is 2. The number of carbonyl (C=O) groups is 3. The second-order valence-corrected chi connectivity index (χ2v) is 7.79. The first-order valence-corrected chi connectivity index (χ1v) is 10.7. The van der Waals surface area contributed by atoms with Gasteiger partial charge in [-0.2, -0.15) is 0 Å². The number of ether oxygens (including phenoxy) is 2. The first-order valence-electron chi connectivity index (χ1n) is 10.7. The molecule has 2 amide bonds. The molecule has 34 heavy (non-hydrogen) atoms. The highest BCUT2D eigenvalue weighted by Gasteiger charge is 2.20. The third-order valence-electron chi connectivity index (χ3n) is 5.48. The highest BCUT2D eigenvalue weighted by molar-refractivity contribution is 5.93. The maximum Gasteiger partial charge on any atom is 0.305 e. The number of methoxy groups -OCH3 is 2. The van der Waals surface area contributed by atoms with E-state index >= 15 is 0 Å². The molecule has 0 radical (unpaired) electrons. The average Bonchev–Trinajstić information content (AvgIpc) is 2.81. The molecule has 0 aliphatic carbocycles. The normalized spacial score (nSPS) is 13.0. The molecular formula is C24H30ClN3O6. The van der Waals surface area contributed by atoms with Gasteiger partial charge >= 0.3 is 5.97 Å². The molecule has 1 heterocycles. The third kappa shape index (κ3) is 7.36. The van der Waals surface area contributed by atoms with Crippen molar-refractivity contribution in [2.45, 2.75) is 38.3 Å². The van der Waals surface area contributed by atoms with E-state index in [-0.39, 0.29) is 37.6 Å². The number of halogens is 1. The average molecular weight is 492 g/mol. The van der Waals surface area contributed by atoms with Crippen molar-refractivity contribution in [2.75, 3.05) is 26.1 Å². The molecule has 0 fully saturated rings. The molecule has 2 aromatic rings. The van der Waals surface area contributed by atoms with Gasteiger partial charge in [-0.1, -0.05) is 12.1 Å². The summed E-state index contributed by atoms with van der Waals surface area (Å²) >= 11 is 0. The molecule has 2 aromatic carbocycles. The highest BCUT2D eigenvalue weighted by Crippen LogP contribution is 2.31. The molecule has 0 aromatic heterocycles. The number of carboxylic acid groups (broad SMARTS) is 1. The number of carboxylic acids is 1. The lowest BCUT2D eigenvalue weighted by Gasteiger charge is -2.19. The molecule has 0 saturated carbocycles. The Balaban J connectivity index is 0.00000408. The number of fused-ring (bicyclic) bond motifs is 1. The van der Waals surface area contributed by atoms with Crippen LogP contribution in [0.5, 0.6) is 11.5 Å². The van der Waals surface area contributed by atoms with E-state index in [2.05, 4.69) is 16.0 Å². The summed E-state index contributed by atoms with van der Waals surface area (Å²) < 4.78 is 10.5. The molecule has 0 spiro atoms. The smallest absolute Gasteiger partial charge is 0.305 e. The van der Waals surface area contributed by atoms with E-state index in [0.29, 0.717) is 22.7 Å². The zero-order valence-corrected chi connectivity index (χ0v) is 20.0. The summed E-state index contributed by atoms with van der Waals surface area (Å²) in [5, 5.41) is 18.1. The predicted octanol–water partition coefficient (Wildman–Crippen LogP) is 2.82. The lowest BCUT2D eigenvalue weighted by atomic mass is 10.0. The fourth-order valence-corrected chi connectivity index (χ4v) is 3.77. The van der Waals surface area contributed by atoms with Crippen molar-refractivity contribution in [1.82, 2.24) is 10.6 Å². The summed E-state index contributed by atoms with van der Waals surface area (Å²) in [6, 6.07) is 10.00. The lowest BCUT2D eigenvalue weighted by Crippen LogP contribution is -2.31. The van der Waals surface area contributed by atoms with E-state index in [1.165, 1.54) is 19.8 Å². The highest BCUT2D eigenvalue weighted by atomic mass is 35.5. The predicted molar refractivity (Wildman–Crippen MR) is 130 cm³/mol. The van der Waals surface area contributed by atoms with E-state index in [1.807, 2.05) is 18.2 Å². The SMILES string of the molecule is COc1ccc(C(CC(=O)O)NC(=O)CCC(=O)Nc2ccc3c(c2)CNCC3)cc1OC.Cl. The number of anilines is 1. The summed E-state index contributed by atoms with van der Waals surface area (Å²) in [5.74, 6) is -0.833. The maximum atomic E-state index is 12.5. The first-order chi connectivity index (χ1) is 15.9. The van der Waals surface area contributed by atoms with Crippen LogP contribution in [0.25, 0.3) is 0 Å². The van der Waals surface area contributed by atoms with Crippen LogP contribution >= 0.6 is 12.4 Å². The van der Waals surface area contributed by atoms with Crippen molar-refractivity contribution in [2.24, 2.45) is 0 Å². The van der Waals surface area contributed by atoms with Crippen molar-refractivity contribution >= 4 is 35.9 Å². The van der Waals surface area contributed by atoms with Gasteiger partial charge in [0.15, 0.2) is 11.5 Å². The molecule has 0 bridgehead atoms. The Morgan fingerprint density at radius 1 is 1.00 bits per heavy atom. The van der Waals surface area contributed by atoms with Crippen LogP contribution in [-0.2, 0) is 27.3 Å². The van der Waals surface area contributed by atoms with Crippen LogP contribution in [0.1, 0.15) is 42.0 Å². The van der Waals surface area contributed by atoms with Crippen molar-refractivity contribution in [3.05, 3.63) is 53.1 Å². The minimum Gasteiger partial charge on any atom is -0.493 e. The van der Waals surface area contributed by atoms with Gasteiger partial charge in [-0.05, 0) is 53.9 Å². The van der Waals surface area contributed by atoms with Gasteiger partial charge in [0.05, 0.1) is 26.7 Å². The van der Waals surface area contributed by atoms with Crippen molar-refractivity contribution < 1.29 is 29.0 Å². The topological polar surface area (TPSA) is 126 Å². The number of aliphatic carboxylic acids is 1. The van der Waals surface area contributed by atoms with Gasteiger partial charge in [0, 0.05) is 25.1 Å². The van der Waals surface area contributed by atoms with Crippen LogP contribution in [0.3, 0.4) is 0 Å². The molecule has 1 aliphatic rings. The van der Waals surface area contributed by atoms with Crippen LogP contribution in [0.4, 0.5) is 5.69 Å². The van der Waals surface area contributed by atoms with Gasteiger partial charge in [0.2, 0.25) is 11.8 Å².